The second kappa shape index (κ2) is 5.85. The van der Waals surface area contributed by atoms with Gasteiger partial charge in [-0.05, 0) is 17.7 Å². The van der Waals surface area contributed by atoms with Gasteiger partial charge in [0.15, 0.2) is 0 Å². The number of hydrogen-bond donors (Lipinski definition) is 0. The van der Waals surface area contributed by atoms with Crippen molar-refractivity contribution in [1.82, 2.24) is 0 Å². The Morgan fingerprint density at radius 2 is 2.20 bits per heavy atom. The molecule has 0 spiro atoms. The van der Waals surface area contributed by atoms with Crippen LogP contribution in [0.5, 0.6) is 0 Å². The SMILES string of the molecule is CN(CCC#N)c1cc(Cl)ccc1CCl. The Labute approximate surface area is 100 Å². The maximum atomic E-state index is 8.51. The summed E-state index contributed by atoms with van der Waals surface area (Å²) in [6, 6.07) is 7.72. The van der Waals surface area contributed by atoms with E-state index >= 15 is 0 Å². The highest BCUT2D eigenvalue weighted by molar-refractivity contribution is 6.31. The second-order valence-electron chi connectivity index (χ2n) is 3.24. The smallest absolute Gasteiger partial charge is 0.0640 e. The largest absolute Gasteiger partial charge is 0.373 e. The van der Waals surface area contributed by atoms with Crippen molar-refractivity contribution in [2.24, 2.45) is 0 Å². The summed E-state index contributed by atoms with van der Waals surface area (Å²) in [5, 5.41) is 9.20. The molecule has 1 rings (SSSR count). The van der Waals surface area contributed by atoms with E-state index in [0.29, 0.717) is 23.9 Å². The van der Waals surface area contributed by atoms with Crippen molar-refractivity contribution in [3.8, 4) is 6.07 Å². The second-order valence-corrected chi connectivity index (χ2v) is 3.94. The van der Waals surface area contributed by atoms with E-state index in [4.69, 9.17) is 28.5 Å². The van der Waals surface area contributed by atoms with Crippen LogP contribution in [0.2, 0.25) is 5.02 Å². The van der Waals surface area contributed by atoms with Crippen LogP contribution in [-0.2, 0) is 5.88 Å². The van der Waals surface area contributed by atoms with Gasteiger partial charge in [0.1, 0.15) is 0 Å². The van der Waals surface area contributed by atoms with E-state index in [1.54, 1.807) is 0 Å². The van der Waals surface area contributed by atoms with Crippen LogP contribution in [0, 0.1) is 11.3 Å². The van der Waals surface area contributed by atoms with Gasteiger partial charge in [0.2, 0.25) is 0 Å². The fourth-order valence-electron chi connectivity index (χ4n) is 1.34. The van der Waals surface area contributed by atoms with E-state index in [1.807, 2.05) is 30.1 Å². The molecule has 0 unspecified atom stereocenters. The third kappa shape index (κ3) is 3.30. The molecule has 0 aliphatic carbocycles. The third-order valence-corrected chi connectivity index (χ3v) is 2.68. The molecule has 1 aromatic rings. The highest BCUT2D eigenvalue weighted by atomic mass is 35.5. The van der Waals surface area contributed by atoms with E-state index in [1.165, 1.54) is 0 Å². The van der Waals surface area contributed by atoms with Gasteiger partial charge in [-0.2, -0.15) is 5.26 Å². The van der Waals surface area contributed by atoms with Crippen molar-refractivity contribution in [1.29, 1.82) is 5.26 Å². The zero-order valence-electron chi connectivity index (χ0n) is 8.50. The van der Waals surface area contributed by atoms with Crippen molar-refractivity contribution in [3.63, 3.8) is 0 Å². The van der Waals surface area contributed by atoms with Crippen LogP contribution in [0.4, 0.5) is 5.69 Å². The quantitative estimate of drug-likeness (QED) is 0.757. The zero-order valence-corrected chi connectivity index (χ0v) is 10.0. The summed E-state index contributed by atoms with van der Waals surface area (Å²) in [6.45, 7) is 0.681. The fourth-order valence-corrected chi connectivity index (χ4v) is 1.74. The summed E-state index contributed by atoms with van der Waals surface area (Å²) < 4.78 is 0. The molecule has 0 radical (unpaired) electrons. The summed E-state index contributed by atoms with van der Waals surface area (Å²) in [5.41, 5.74) is 2.02. The van der Waals surface area contributed by atoms with E-state index in [9.17, 15) is 0 Å². The molecule has 0 N–H and O–H groups in total. The van der Waals surface area contributed by atoms with Crippen molar-refractivity contribution >= 4 is 28.9 Å². The fraction of sp³-hybridized carbons (Fsp3) is 0.364. The van der Waals surface area contributed by atoms with Crippen LogP contribution < -0.4 is 4.90 Å². The number of nitriles is 1. The van der Waals surface area contributed by atoms with Crippen molar-refractivity contribution < 1.29 is 0 Å². The van der Waals surface area contributed by atoms with Crippen LogP contribution in [0.25, 0.3) is 0 Å². The number of benzene rings is 1. The Morgan fingerprint density at radius 1 is 1.47 bits per heavy atom. The summed E-state index contributed by atoms with van der Waals surface area (Å²) in [4.78, 5) is 1.99. The van der Waals surface area contributed by atoms with Crippen LogP contribution >= 0.6 is 23.2 Å². The molecule has 1 aromatic carbocycles. The van der Waals surface area contributed by atoms with Gasteiger partial charge < -0.3 is 4.90 Å². The van der Waals surface area contributed by atoms with Gasteiger partial charge in [0.05, 0.1) is 12.5 Å². The lowest BCUT2D eigenvalue weighted by Gasteiger charge is -2.20. The normalized spacial score (nSPS) is 9.73. The Morgan fingerprint density at radius 3 is 2.80 bits per heavy atom. The molecule has 0 aromatic heterocycles. The minimum Gasteiger partial charge on any atom is -0.373 e. The molecule has 0 saturated carbocycles. The van der Waals surface area contributed by atoms with Crippen molar-refractivity contribution in [2.45, 2.75) is 12.3 Å². The van der Waals surface area contributed by atoms with Crippen LogP contribution in [0.1, 0.15) is 12.0 Å². The molecule has 4 heteroatoms. The Hall–Kier alpha value is -0.910. The lowest BCUT2D eigenvalue weighted by Crippen LogP contribution is -2.19. The predicted octanol–water partition coefficient (Wildman–Crippen LogP) is 3.43. The lowest BCUT2D eigenvalue weighted by atomic mass is 10.2. The molecule has 0 atom stereocenters. The Kier molecular flexibility index (Phi) is 4.74. The highest BCUT2D eigenvalue weighted by Crippen LogP contribution is 2.25. The Bertz CT molecular complexity index is 371. The molecular formula is C11H12Cl2N2. The molecule has 0 bridgehead atoms. The number of hydrogen-bond acceptors (Lipinski definition) is 2. The first-order valence-electron chi connectivity index (χ1n) is 4.61. The van der Waals surface area contributed by atoms with Gasteiger partial charge in [0, 0.05) is 30.2 Å². The molecule has 0 aliphatic rings. The maximum Gasteiger partial charge on any atom is 0.0640 e. The van der Waals surface area contributed by atoms with E-state index < -0.39 is 0 Å². The predicted molar refractivity (Wildman–Crippen MR) is 64.5 cm³/mol. The van der Waals surface area contributed by atoms with Gasteiger partial charge in [-0.3, -0.25) is 0 Å². The first-order valence-corrected chi connectivity index (χ1v) is 5.52. The molecule has 0 fully saturated rings. The molecule has 0 saturated heterocycles. The molecule has 15 heavy (non-hydrogen) atoms. The van der Waals surface area contributed by atoms with Gasteiger partial charge in [-0.25, -0.2) is 0 Å². The molecule has 0 aliphatic heterocycles. The standard InChI is InChI=1S/C11H12Cl2N2/c1-15(6-2-5-14)11-7-10(13)4-3-9(11)8-12/h3-4,7H,2,6,8H2,1H3. The number of halogens is 2. The average molecular weight is 243 g/mol. The van der Waals surface area contributed by atoms with Gasteiger partial charge >= 0.3 is 0 Å². The van der Waals surface area contributed by atoms with E-state index in [-0.39, 0.29) is 0 Å². The zero-order chi connectivity index (χ0) is 11.3. The first kappa shape index (κ1) is 12.2. The number of alkyl halides is 1. The maximum absolute atomic E-state index is 8.51. The van der Waals surface area contributed by atoms with Crippen molar-refractivity contribution in [3.05, 3.63) is 28.8 Å². The lowest BCUT2D eigenvalue weighted by molar-refractivity contribution is 0.900. The van der Waals surface area contributed by atoms with Gasteiger partial charge in [-0.15, -0.1) is 11.6 Å². The minimum atomic E-state index is 0.448. The van der Waals surface area contributed by atoms with E-state index in [2.05, 4.69) is 6.07 Å². The molecule has 80 valence electrons. The highest BCUT2D eigenvalue weighted by Gasteiger charge is 2.07. The minimum absolute atomic E-state index is 0.448. The summed E-state index contributed by atoms with van der Waals surface area (Å²) >= 11 is 11.7. The number of nitrogens with zero attached hydrogens (tertiary/aromatic N) is 2. The van der Waals surface area contributed by atoms with E-state index in [0.717, 1.165) is 11.3 Å². The molecule has 0 amide bonds. The number of anilines is 1. The van der Waals surface area contributed by atoms with Crippen LogP contribution in [0.3, 0.4) is 0 Å². The topological polar surface area (TPSA) is 27.0 Å². The first-order chi connectivity index (χ1) is 7.19. The number of rotatable bonds is 4. The molecular weight excluding hydrogens is 231 g/mol. The third-order valence-electron chi connectivity index (χ3n) is 2.16. The van der Waals surface area contributed by atoms with Gasteiger partial charge in [-0.1, -0.05) is 17.7 Å². The summed E-state index contributed by atoms with van der Waals surface area (Å²) in [5.74, 6) is 0.448. The monoisotopic (exact) mass is 242 g/mol. The average Bonchev–Trinajstić information content (AvgIpc) is 2.25. The van der Waals surface area contributed by atoms with Crippen LogP contribution in [0.15, 0.2) is 18.2 Å². The Balaban J connectivity index is 2.90. The summed E-state index contributed by atoms with van der Waals surface area (Å²) in [6.07, 6.45) is 0.491. The van der Waals surface area contributed by atoms with Gasteiger partial charge in [0.25, 0.3) is 0 Å². The summed E-state index contributed by atoms with van der Waals surface area (Å²) in [7, 11) is 1.93. The molecule has 0 heterocycles. The van der Waals surface area contributed by atoms with Crippen molar-refractivity contribution in [2.75, 3.05) is 18.5 Å². The molecule has 2 nitrogen and oxygen atoms in total. The van der Waals surface area contributed by atoms with Crippen LogP contribution in [-0.4, -0.2) is 13.6 Å².